The summed E-state index contributed by atoms with van der Waals surface area (Å²) < 4.78 is 32.2. The molecule has 0 bridgehead atoms. The number of rotatable bonds is 2. The van der Waals surface area contributed by atoms with Crippen molar-refractivity contribution in [1.82, 2.24) is 9.80 Å². The van der Waals surface area contributed by atoms with Crippen LogP contribution < -0.4 is 0 Å². The maximum Gasteiger partial charge on any atom is 0.214 e. The summed E-state index contributed by atoms with van der Waals surface area (Å²) in [5, 5.41) is 0. The van der Waals surface area contributed by atoms with Crippen LogP contribution in [0.1, 0.15) is 12.5 Å². The molecular weight excluding hydrogens is 276 g/mol. The summed E-state index contributed by atoms with van der Waals surface area (Å²) in [4.78, 5) is 8.62. The summed E-state index contributed by atoms with van der Waals surface area (Å²) in [5.74, 6) is -0.233. The summed E-state index contributed by atoms with van der Waals surface area (Å²) in [6, 6.07) is 4.48. The number of hydrogen-bond acceptors (Lipinski definition) is 4. The van der Waals surface area contributed by atoms with E-state index < -0.39 is 11.6 Å². The molecule has 0 aliphatic carbocycles. The molecule has 0 spiro atoms. The van der Waals surface area contributed by atoms with Crippen molar-refractivity contribution in [3.05, 3.63) is 47.3 Å². The lowest BCUT2D eigenvalue weighted by Crippen LogP contribution is -2.27. The van der Waals surface area contributed by atoms with Gasteiger partial charge in [-0.25, -0.2) is 13.8 Å². The number of ether oxygens (including phenoxy) is 1. The molecule has 6 heteroatoms. The second kappa shape index (κ2) is 5.35. The molecule has 2 heterocycles. The molecule has 2 aliphatic heterocycles. The zero-order chi connectivity index (χ0) is 15.0. The molecule has 112 valence electrons. The van der Waals surface area contributed by atoms with Crippen LogP contribution in [0.5, 0.6) is 0 Å². The minimum Gasteiger partial charge on any atom is -0.473 e. The molecule has 21 heavy (non-hydrogen) atoms. The van der Waals surface area contributed by atoms with E-state index in [4.69, 9.17) is 4.74 Å². The second-order valence-electron chi connectivity index (χ2n) is 5.32. The molecule has 0 saturated carbocycles. The number of nitrogens with zero attached hydrogens (tertiary/aromatic N) is 3. The molecule has 1 aromatic rings. The third kappa shape index (κ3) is 2.57. The van der Waals surface area contributed by atoms with Gasteiger partial charge < -0.3 is 14.5 Å². The van der Waals surface area contributed by atoms with Gasteiger partial charge in [-0.3, -0.25) is 0 Å². The van der Waals surface area contributed by atoms with E-state index in [9.17, 15) is 8.78 Å². The molecular formula is C15H17F2N3O. The fourth-order valence-electron chi connectivity index (χ4n) is 2.52. The van der Waals surface area contributed by atoms with E-state index in [1.165, 1.54) is 12.1 Å². The molecule has 0 aromatic heterocycles. The molecule has 0 amide bonds. The quantitative estimate of drug-likeness (QED) is 0.838. The summed E-state index contributed by atoms with van der Waals surface area (Å²) >= 11 is 0. The monoisotopic (exact) mass is 293 g/mol. The van der Waals surface area contributed by atoms with Gasteiger partial charge in [0.15, 0.2) is 11.6 Å². The van der Waals surface area contributed by atoms with Gasteiger partial charge in [-0.05, 0) is 13.0 Å². The fourth-order valence-corrected chi connectivity index (χ4v) is 2.52. The number of likely N-dealkylation sites (N-methyl/N-ethyl adjacent to an activating group) is 1. The number of halogens is 2. The zero-order valence-corrected chi connectivity index (χ0v) is 12.0. The largest absolute Gasteiger partial charge is 0.473 e. The van der Waals surface area contributed by atoms with Crippen molar-refractivity contribution >= 4 is 5.90 Å². The zero-order valence-electron chi connectivity index (χ0n) is 12.0. The first-order chi connectivity index (χ1) is 10.1. The Morgan fingerprint density at radius 2 is 2.19 bits per heavy atom. The number of fused-ring (bicyclic) bond motifs is 1. The van der Waals surface area contributed by atoms with Gasteiger partial charge in [0.05, 0.1) is 0 Å². The predicted octanol–water partition coefficient (Wildman–Crippen LogP) is 2.33. The highest BCUT2D eigenvalue weighted by Crippen LogP contribution is 2.24. The van der Waals surface area contributed by atoms with Crippen molar-refractivity contribution in [2.45, 2.75) is 19.6 Å². The topological polar surface area (TPSA) is 28.1 Å². The fraction of sp³-hybridized carbons (Fsp3) is 0.400. The Labute approximate surface area is 122 Å². The first-order valence-corrected chi connectivity index (χ1v) is 6.86. The Kier molecular flexibility index (Phi) is 3.53. The average molecular weight is 293 g/mol. The van der Waals surface area contributed by atoms with E-state index in [2.05, 4.69) is 21.7 Å². The van der Waals surface area contributed by atoms with Gasteiger partial charge in [0.2, 0.25) is 5.90 Å². The van der Waals surface area contributed by atoms with E-state index in [1.807, 2.05) is 13.1 Å². The minimum absolute atomic E-state index is 0.0362. The van der Waals surface area contributed by atoms with Crippen LogP contribution >= 0.6 is 0 Å². The normalized spacial score (nSPS) is 21.0. The first-order valence-electron chi connectivity index (χ1n) is 6.86. The van der Waals surface area contributed by atoms with E-state index in [0.717, 1.165) is 18.4 Å². The molecule has 0 N–H and O–H groups in total. The Hall–Kier alpha value is -2.11. The van der Waals surface area contributed by atoms with E-state index in [-0.39, 0.29) is 12.2 Å². The van der Waals surface area contributed by atoms with Crippen molar-refractivity contribution in [2.75, 3.05) is 20.3 Å². The van der Waals surface area contributed by atoms with Crippen molar-refractivity contribution in [2.24, 2.45) is 4.99 Å². The van der Waals surface area contributed by atoms with Crippen molar-refractivity contribution in [3.8, 4) is 0 Å². The predicted molar refractivity (Wildman–Crippen MR) is 75.5 cm³/mol. The van der Waals surface area contributed by atoms with Crippen LogP contribution in [0.25, 0.3) is 0 Å². The van der Waals surface area contributed by atoms with Crippen LogP contribution in [-0.2, 0) is 11.3 Å². The maximum atomic E-state index is 13.6. The van der Waals surface area contributed by atoms with Crippen LogP contribution in [0.2, 0.25) is 0 Å². The number of hydrogen-bond donors (Lipinski definition) is 0. The third-order valence-corrected chi connectivity index (χ3v) is 3.89. The summed E-state index contributed by atoms with van der Waals surface area (Å²) in [5.41, 5.74) is 0.187. The number of aliphatic imine (C=N–C) groups is 1. The molecule has 4 nitrogen and oxygen atoms in total. The van der Waals surface area contributed by atoms with Crippen LogP contribution in [0, 0.1) is 11.6 Å². The maximum absolute atomic E-state index is 13.6. The van der Waals surface area contributed by atoms with Gasteiger partial charge in [-0.15, -0.1) is 0 Å². The van der Waals surface area contributed by atoms with Gasteiger partial charge in [-0.2, -0.15) is 0 Å². The SMILES string of the molecule is CC1CN2CN=C(OCc3cccc(F)c3F)C=C2N1C. The standard InChI is InChI=1S/C15H17F2N3O/c1-10-7-20-9-18-13(6-14(20)19(10)2)21-8-11-4-3-5-12(16)15(11)17/h3-6,10H,7-9H2,1-2H3. The molecule has 1 fully saturated rings. The highest BCUT2D eigenvalue weighted by atomic mass is 19.2. The van der Waals surface area contributed by atoms with Gasteiger partial charge in [0.1, 0.15) is 19.1 Å². The molecule has 1 atom stereocenters. The van der Waals surface area contributed by atoms with Crippen molar-refractivity contribution < 1.29 is 13.5 Å². The van der Waals surface area contributed by atoms with Crippen LogP contribution in [0.3, 0.4) is 0 Å². The minimum atomic E-state index is -0.866. The van der Waals surface area contributed by atoms with Gasteiger partial charge in [-0.1, -0.05) is 12.1 Å². The molecule has 1 saturated heterocycles. The Morgan fingerprint density at radius 1 is 1.38 bits per heavy atom. The van der Waals surface area contributed by atoms with Crippen LogP contribution in [0.15, 0.2) is 35.1 Å². The summed E-state index contributed by atoms with van der Waals surface area (Å²) in [6.07, 6.45) is 1.84. The third-order valence-electron chi connectivity index (χ3n) is 3.89. The van der Waals surface area contributed by atoms with Gasteiger partial charge in [0.25, 0.3) is 0 Å². The molecule has 2 aliphatic rings. The lowest BCUT2D eigenvalue weighted by molar-refractivity contribution is 0.272. The number of benzene rings is 1. The average Bonchev–Trinajstić information content (AvgIpc) is 2.76. The summed E-state index contributed by atoms with van der Waals surface area (Å²) in [7, 11) is 2.02. The molecule has 1 aromatic carbocycles. The van der Waals surface area contributed by atoms with Crippen molar-refractivity contribution in [3.63, 3.8) is 0 Å². The van der Waals surface area contributed by atoms with E-state index >= 15 is 0 Å². The lowest BCUT2D eigenvalue weighted by atomic mass is 10.2. The highest BCUT2D eigenvalue weighted by Gasteiger charge is 2.30. The summed E-state index contributed by atoms with van der Waals surface area (Å²) in [6.45, 7) is 3.56. The first kappa shape index (κ1) is 13.9. The smallest absolute Gasteiger partial charge is 0.214 e. The Bertz CT molecular complexity index is 611. The second-order valence-corrected chi connectivity index (χ2v) is 5.32. The Balaban J connectivity index is 1.69. The van der Waals surface area contributed by atoms with Crippen LogP contribution in [0.4, 0.5) is 8.78 Å². The Morgan fingerprint density at radius 3 is 3.00 bits per heavy atom. The van der Waals surface area contributed by atoms with E-state index in [1.54, 1.807) is 0 Å². The van der Waals surface area contributed by atoms with Gasteiger partial charge >= 0.3 is 0 Å². The van der Waals surface area contributed by atoms with Gasteiger partial charge in [0, 0.05) is 31.3 Å². The highest BCUT2D eigenvalue weighted by molar-refractivity contribution is 5.88. The van der Waals surface area contributed by atoms with Crippen molar-refractivity contribution in [1.29, 1.82) is 0 Å². The molecule has 3 rings (SSSR count). The van der Waals surface area contributed by atoms with Crippen LogP contribution in [-0.4, -0.2) is 42.0 Å². The molecule has 1 unspecified atom stereocenters. The van der Waals surface area contributed by atoms with E-state index in [0.29, 0.717) is 18.6 Å². The lowest BCUT2D eigenvalue weighted by Gasteiger charge is -2.24. The molecule has 0 radical (unpaired) electrons.